The fraction of sp³-hybridized carbons (Fsp3) is 0.294. The van der Waals surface area contributed by atoms with E-state index in [2.05, 4.69) is 25.7 Å². The first-order chi connectivity index (χ1) is 13.4. The minimum absolute atomic E-state index is 0.0626. The van der Waals surface area contributed by atoms with Crippen LogP contribution in [0.25, 0.3) is 5.65 Å². The van der Waals surface area contributed by atoms with Crippen molar-refractivity contribution in [3.05, 3.63) is 47.7 Å². The SMILES string of the molecule is C[C@@H](O)CNC(=O)c1cnn2ccc(NC(CO)c3cc(F)cnc3O)nc12. The zero-order chi connectivity index (χ0) is 20.3. The Labute approximate surface area is 158 Å². The summed E-state index contributed by atoms with van der Waals surface area (Å²) in [5.74, 6) is -1.27. The number of pyridine rings is 1. The van der Waals surface area contributed by atoms with E-state index >= 15 is 0 Å². The maximum atomic E-state index is 13.4. The Bertz CT molecular complexity index is 993. The number of aliphatic hydroxyl groups excluding tert-OH is 2. The van der Waals surface area contributed by atoms with Crippen molar-refractivity contribution in [2.45, 2.75) is 19.1 Å². The average molecular weight is 390 g/mol. The van der Waals surface area contributed by atoms with Gasteiger partial charge >= 0.3 is 0 Å². The molecule has 10 nitrogen and oxygen atoms in total. The van der Waals surface area contributed by atoms with Gasteiger partial charge in [0.05, 0.1) is 31.1 Å². The number of nitrogens with one attached hydrogen (secondary N) is 2. The third kappa shape index (κ3) is 4.15. The number of aromatic nitrogens is 4. The van der Waals surface area contributed by atoms with Gasteiger partial charge in [0.15, 0.2) is 5.65 Å². The number of aliphatic hydroxyl groups is 2. The molecule has 0 aromatic carbocycles. The molecule has 3 rings (SSSR count). The van der Waals surface area contributed by atoms with Crippen molar-refractivity contribution in [2.75, 3.05) is 18.5 Å². The molecule has 0 fully saturated rings. The van der Waals surface area contributed by atoms with Crippen molar-refractivity contribution in [3.63, 3.8) is 0 Å². The topological polar surface area (TPSA) is 145 Å². The molecule has 0 radical (unpaired) electrons. The number of nitrogens with zero attached hydrogens (tertiary/aromatic N) is 4. The van der Waals surface area contributed by atoms with Crippen LogP contribution in [-0.2, 0) is 0 Å². The molecule has 11 heteroatoms. The van der Waals surface area contributed by atoms with Crippen molar-refractivity contribution in [2.24, 2.45) is 0 Å². The van der Waals surface area contributed by atoms with Crippen molar-refractivity contribution < 1.29 is 24.5 Å². The number of amides is 1. The first kappa shape index (κ1) is 19.5. The van der Waals surface area contributed by atoms with E-state index in [4.69, 9.17) is 0 Å². The van der Waals surface area contributed by atoms with Gasteiger partial charge in [0.2, 0.25) is 5.88 Å². The van der Waals surface area contributed by atoms with E-state index in [0.717, 1.165) is 12.3 Å². The van der Waals surface area contributed by atoms with Gasteiger partial charge in [0.1, 0.15) is 17.2 Å². The van der Waals surface area contributed by atoms with Crippen LogP contribution in [0.15, 0.2) is 30.7 Å². The number of hydrogen-bond acceptors (Lipinski definition) is 8. The lowest BCUT2D eigenvalue weighted by molar-refractivity contribution is 0.0925. The first-order valence-corrected chi connectivity index (χ1v) is 8.41. The summed E-state index contributed by atoms with van der Waals surface area (Å²) in [5.41, 5.74) is 0.499. The molecule has 0 saturated heterocycles. The van der Waals surface area contributed by atoms with Gasteiger partial charge in [-0.1, -0.05) is 0 Å². The Morgan fingerprint density at radius 3 is 2.89 bits per heavy atom. The summed E-state index contributed by atoms with van der Waals surface area (Å²) in [6.45, 7) is 1.15. The minimum atomic E-state index is -0.881. The molecule has 1 amide bonds. The summed E-state index contributed by atoms with van der Waals surface area (Å²) in [6.07, 6.45) is 3.06. The van der Waals surface area contributed by atoms with E-state index in [0.29, 0.717) is 0 Å². The summed E-state index contributed by atoms with van der Waals surface area (Å²) >= 11 is 0. The van der Waals surface area contributed by atoms with E-state index in [1.807, 2.05) is 0 Å². The maximum absolute atomic E-state index is 13.4. The second kappa shape index (κ2) is 8.15. The van der Waals surface area contributed by atoms with E-state index < -0.39 is 36.4 Å². The summed E-state index contributed by atoms with van der Waals surface area (Å²) in [7, 11) is 0. The van der Waals surface area contributed by atoms with Gasteiger partial charge in [-0.3, -0.25) is 4.79 Å². The van der Waals surface area contributed by atoms with Crippen LogP contribution in [0.4, 0.5) is 10.2 Å². The lowest BCUT2D eigenvalue weighted by Gasteiger charge is -2.18. The average Bonchev–Trinajstić information content (AvgIpc) is 3.09. The molecule has 3 aromatic heterocycles. The molecule has 28 heavy (non-hydrogen) atoms. The third-order valence-corrected chi connectivity index (χ3v) is 3.91. The van der Waals surface area contributed by atoms with E-state index in [9.17, 15) is 24.5 Å². The highest BCUT2D eigenvalue weighted by molar-refractivity contribution is 5.99. The first-order valence-electron chi connectivity index (χ1n) is 8.41. The number of carbonyl (C=O) groups excluding carboxylic acids is 1. The molecule has 5 N–H and O–H groups in total. The Hall–Kier alpha value is -3.31. The molecule has 0 aliphatic carbocycles. The molecular weight excluding hydrogens is 371 g/mol. The Kier molecular flexibility index (Phi) is 5.66. The smallest absolute Gasteiger partial charge is 0.256 e. The monoisotopic (exact) mass is 390 g/mol. The van der Waals surface area contributed by atoms with Crippen LogP contribution in [0, 0.1) is 5.82 Å². The van der Waals surface area contributed by atoms with Crippen LogP contribution in [0.5, 0.6) is 5.88 Å². The fourth-order valence-electron chi connectivity index (χ4n) is 2.55. The highest BCUT2D eigenvalue weighted by Gasteiger charge is 2.19. The van der Waals surface area contributed by atoms with Gasteiger partial charge in [-0.2, -0.15) is 5.10 Å². The highest BCUT2D eigenvalue weighted by Crippen LogP contribution is 2.25. The number of rotatable bonds is 7. The molecule has 2 atom stereocenters. The predicted octanol–water partition coefficient (Wildman–Crippen LogP) is 0.225. The number of fused-ring (bicyclic) bond motifs is 1. The Morgan fingerprint density at radius 2 is 2.18 bits per heavy atom. The van der Waals surface area contributed by atoms with E-state index in [-0.39, 0.29) is 29.1 Å². The Balaban J connectivity index is 1.88. The summed E-state index contributed by atoms with van der Waals surface area (Å²) in [6, 6.07) is 1.72. The maximum Gasteiger partial charge on any atom is 0.256 e. The number of anilines is 1. The zero-order valence-corrected chi connectivity index (χ0v) is 14.9. The van der Waals surface area contributed by atoms with Crippen LogP contribution >= 0.6 is 0 Å². The van der Waals surface area contributed by atoms with Gasteiger partial charge in [-0.15, -0.1) is 0 Å². The number of aromatic hydroxyl groups is 1. The van der Waals surface area contributed by atoms with Crippen molar-refractivity contribution in [1.29, 1.82) is 0 Å². The lowest BCUT2D eigenvalue weighted by atomic mass is 10.1. The second-order valence-corrected chi connectivity index (χ2v) is 6.14. The number of hydrogen-bond donors (Lipinski definition) is 5. The fourth-order valence-corrected chi connectivity index (χ4v) is 2.55. The minimum Gasteiger partial charge on any atom is -0.493 e. The van der Waals surface area contributed by atoms with Crippen LogP contribution < -0.4 is 10.6 Å². The normalized spacial score (nSPS) is 13.3. The molecule has 0 spiro atoms. The Morgan fingerprint density at radius 1 is 1.39 bits per heavy atom. The van der Waals surface area contributed by atoms with E-state index in [1.165, 1.54) is 10.7 Å². The molecule has 3 aromatic rings. The molecule has 148 valence electrons. The van der Waals surface area contributed by atoms with Crippen LogP contribution in [-0.4, -0.2) is 60.1 Å². The molecule has 0 bridgehead atoms. The van der Waals surface area contributed by atoms with Gasteiger partial charge in [-0.25, -0.2) is 18.9 Å². The zero-order valence-electron chi connectivity index (χ0n) is 14.9. The lowest BCUT2D eigenvalue weighted by Crippen LogP contribution is -2.30. The van der Waals surface area contributed by atoms with Crippen molar-refractivity contribution in [3.8, 4) is 5.88 Å². The third-order valence-electron chi connectivity index (χ3n) is 3.91. The standard InChI is InChI=1S/C17H19FN6O4/c1-9(26)5-19-17(28)12-7-21-24-3-2-14(23-15(12)24)22-13(8-25)11-4-10(18)6-20-16(11)27/h2-4,6-7,9,13,25-26H,5,8H2,1H3,(H,19,28)(H,20,27)(H,22,23)/t9-,13?/m1/s1. The summed E-state index contributed by atoms with van der Waals surface area (Å²) in [5, 5.41) is 38.2. The van der Waals surface area contributed by atoms with Gasteiger partial charge in [0, 0.05) is 18.3 Å². The van der Waals surface area contributed by atoms with Gasteiger partial charge in [0.25, 0.3) is 5.91 Å². The van der Waals surface area contributed by atoms with Crippen LogP contribution in [0.1, 0.15) is 28.9 Å². The molecular formula is C17H19FN6O4. The largest absolute Gasteiger partial charge is 0.493 e. The molecule has 3 heterocycles. The quantitative estimate of drug-likeness (QED) is 0.385. The van der Waals surface area contributed by atoms with E-state index in [1.54, 1.807) is 19.2 Å². The van der Waals surface area contributed by atoms with Gasteiger partial charge in [-0.05, 0) is 19.1 Å². The molecule has 1 unspecified atom stereocenters. The summed E-state index contributed by atoms with van der Waals surface area (Å²) < 4.78 is 14.8. The molecule has 0 aliphatic heterocycles. The van der Waals surface area contributed by atoms with Crippen LogP contribution in [0.2, 0.25) is 0 Å². The number of halogens is 1. The molecule has 0 saturated carbocycles. The van der Waals surface area contributed by atoms with Crippen molar-refractivity contribution in [1.82, 2.24) is 24.9 Å². The van der Waals surface area contributed by atoms with Crippen molar-refractivity contribution >= 4 is 17.4 Å². The second-order valence-electron chi connectivity index (χ2n) is 6.14. The molecule has 0 aliphatic rings. The predicted molar refractivity (Wildman–Crippen MR) is 96.3 cm³/mol. The summed E-state index contributed by atoms with van der Waals surface area (Å²) in [4.78, 5) is 20.1. The number of carbonyl (C=O) groups is 1. The van der Waals surface area contributed by atoms with Gasteiger partial charge < -0.3 is 26.0 Å². The van der Waals surface area contributed by atoms with Crippen LogP contribution in [0.3, 0.4) is 0 Å². The highest BCUT2D eigenvalue weighted by atomic mass is 19.1.